The molecule has 0 heterocycles. The van der Waals surface area contributed by atoms with E-state index in [4.69, 9.17) is 0 Å². The second kappa shape index (κ2) is 10.5. The first kappa shape index (κ1) is 25.2. The Balaban J connectivity index is 1.56. The fraction of sp³-hybridized carbons (Fsp3) is 0.143. The third-order valence-corrected chi connectivity index (χ3v) is 7.08. The van der Waals surface area contributed by atoms with Gasteiger partial charge in [0.25, 0.3) is 0 Å². The largest absolute Gasteiger partial charge is 0.507 e. The van der Waals surface area contributed by atoms with Crippen LogP contribution in [0.3, 0.4) is 0 Å². The highest BCUT2D eigenvalue weighted by Crippen LogP contribution is 2.38. The quantitative estimate of drug-likeness (QED) is 0.220. The Labute approximate surface area is 224 Å². The van der Waals surface area contributed by atoms with E-state index in [1.165, 1.54) is 0 Å². The Morgan fingerprint density at radius 2 is 0.816 bits per heavy atom. The molecular formula is C35H32O3. The van der Waals surface area contributed by atoms with E-state index in [1.807, 2.05) is 79.7 Å². The van der Waals surface area contributed by atoms with Gasteiger partial charge in [0.15, 0.2) is 0 Å². The van der Waals surface area contributed by atoms with Crippen LogP contribution in [-0.4, -0.2) is 15.3 Å². The standard InChI is InChI=1S/C35H32O3/c1-22-12-14-29(31-8-4-6-10-33(31)36)25(16-22)20-27-18-24(3)19-28(35(27)38)21-26-17-23(2)13-15-30(26)32-9-5-7-11-34(32)37/h4-19,36-38H,20-21H2,1-3H3. The molecule has 0 aliphatic rings. The Morgan fingerprint density at radius 1 is 0.421 bits per heavy atom. The Morgan fingerprint density at radius 3 is 1.24 bits per heavy atom. The maximum atomic E-state index is 11.5. The molecule has 5 rings (SSSR count). The molecule has 190 valence electrons. The molecule has 0 unspecified atom stereocenters. The molecule has 0 spiro atoms. The molecule has 0 fully saturated rings. The summed E-state index contributed by atoms with van der Waals surface area (Å²) in [6.45, 7) is 6.16. The molecule has 5 aromatic carbocycles. The van der Waals surface area contributed by atoms with Crippen LogP contribution in [0.1, 0.15) is 38.9 Å². The van der Waals surface area contributed by atoms with Gasteiger partial charge in [-0.3, -0.25) is 0 Å². The van der Waals surface area contributed by atoms with Crippen molar-refractivity contribution in [2.45, 2.75) is 33.6 Å². The summed E-state index contributed by atoms with van der Waals surface area (Å²) in [5, 5.41) is 32.6. The van der Waals surface area contributed by atoms with Gasteiger partial charge in [0.2, 0.25) is 0 Å². The number of hydrogen-bond acceptors (Lipinski definition) is 3. The van der Waals surface area contributed by atoms with Crippen molar-refractivity contribution in [3.8, 4) is 39.5 Å². The number of phenolic OH excluding ortho intramolecular Hbond substituents is 3. The van der Waals surface area contributed by atoms with Crippen LogP contribution in [0.4, 0.5) is 0 Å². The van der Waals surface area contributed by atoms with Crippen LogP contribution in [-0.2, 0) is 12.8 Å². The molecule has 0 saturated carbocycles. The summed E-state index contributed by atoms with van der Waals surface area (Å²) in [6.07, 6.45) is 1.07. The van der Waals surface area contributed by atoms with Gasteiger partial charge in [-0.1, -0.05) is 102 Å². The SMILES string of the molecule is Cc1ccc(-c2ccccc2O)c(Cc2cc(C)cc(Cc3cc(C)ccc3-c3ccccc3O)c2O)c1. The molecule has 3 heteroatoms. The van der Waals surface area contributed by atoms with Crippen molar-refractivity contribution < 1.29 is 15.3 Å². The van der Waals surface area contributed by atoms with Gasteiger partial charge in [0.1, 0.15) is 17.2 Å². The van der Waals surface area contributed by atoms with Gasteiger partial charge in [-0.25, -0.2) is 0 Å². The molecule has 0 aliphatic carbocycles. The molecule has 38 heavy (non-hydrogen) atoms. The lowest BCUT2D eigenvalue weighted by Gasteiger charge is -2.17. The number of hydrogen-bond donors (Lipinski definition) is 3. The molecule has 5 aromatic rings. The number of para-hydroxylation sites is 2. The lowest BCUT2D eigenvalue weighted by atomic mass is 9.89. The van der Waals surface area contributed by atoms with Crippen molar-refractivity contribution in [1.82, 2.24) is 0 Å². The van der Waals surface area contributed by atoms with Crippen LogP contribution in [0.25, 0.3) is 22.3 Å². The van der Waals surface area contributed by atoms with Gasteiger partial charge in [-0.2, -0.15) is 0 Å². The van der Waals surface area contributed by atoms with Crippen LogP contribution in [0.15, 0.2) is 97.1 Å². The zero-order valence-corrected chi connectivity index (χ0v) is 22.0. The number of phenols is 3. The van der Waals surface area contributed by atoms with E-state index in [9.17, 15) is 15.3 Å². The summed E-state index contributed by atoms with van der Waals surface area (Å²) >= 11 is 0. The zero-order chi connectivity index (χ0) is 26.8. The molecule has 3 nitrogen and oxygen atoms in total. The first-order valence-electron chi connectivity index (χ1n) is 12.9. The highest BCUT2D eigenvalue weighted by Gasteiger charge is 2.17. The average molecular weight is 501 g/mol. The van der Waals surface area contributed by atoms with E-state index in [2.05, 4.69) is 26.0 Å². The minimum absolute atomic E-state index is 0.239. The number of rotatable bonds is 6. The topological polar surface area (TPSA) is 60.7 Å². The van der Waals surface area contributed by atoms with E-state index < -0.39 is 0 Å². The predicted octanol–water partition coefficient (Wildman–Crippen LogP) is 8.24. The molecule has 0 bridgehead atoms. The molecule has 0 aromatic heterocycles. The number of aromatic hydroxyl groups is 3. The molecule has 0 radical (unpaired) electrons. The van der Waals surface area contributed by atoms with Crippen molar-refractivity contribution in [1.29, 1.82) is 0 Å². The van der Waals surface area contributed by atoms with Crippen LogP contribution < -0.4 is 0 Å². The normalized spacial score (nSPS) is 11.0. The van der Waals surface area contributed by atoms with Gasteiger partial charge in [-0.05, 0) is 66.3 Å². The molecule has 0 saturated heterocycles. The summed E-state index contributed by atoms with van der Waals surface area (Å²) in [6, 6.07) is 31.2. The Hall–Kier alpha value is -4.50. The van der Waals surface area contributed by atoms with Crippen LogP contribution in [0.2, 0.25) is 0 Å². The monoisotopic (exact) mass is 500 g/mol. The van der Waals surface area contributed by atoms with Gasteiger partial charge in [-0.15, -0.1) is 0 Å². The van der Waals surface area contributed by atoms with Crippen molar-refractivity contribution >= 4 is 0 Å². The van der Waals surface area contributed by atoms with Crippen molar-refractivity contribution in [3.05, 3.63) is 136 Å². The van der Waals surface area contributed by atoms with E-state index in [1.54, 1.807) is 12.1 Å². The molecular weight excluding hydrogens is 468 g/mol. The van der Waals surface area contributed by atoms with E-state index in [-0.39, 0.29) is 17.2 Å². The van der Waals surface area contributed by atoms with Gasteiger partial charge < -0.3 is 15.3 Å². The number of aryl methyl sites for hydroxylation is 3. The molecule has 0 atom stereocenters. The zero-order valence-electron chi connectivity index (χ0n) is 22.0. The number of benzene rings is 5. The van der Waals surface area contributed by atoms with Crippen LogP contribution in [0, 0.1) is 20.8 Å². The minimum Gasteiger partial charge on any atom is -0.507 e. The molecule has 0 amide bonds. The van der Waals surface area contributed by atoms with Gasteiger partial charge in [0.05, 0.1) is 0 Å². The van der Waals surface area contributed by atoms with Crippen LogP contribution >= 0.6 is 0 Å². The fourth-order valence-corrected chi connectivity index (χ4v) is 5.28. The Kier molecular flexibility index (Phi) is 6.93. The lowest BCUT2D eigenvalue weighted by Crippen LogP contribution is -2.00. The summed E-state index contributed by atoms with van der Waals surface area (Å²) in [4.78, 5) is 0. The lowest BCUT2D eigenvalue weighted by molar-refractivity contribution is 0.463. The highest BCUT2D eigenvalue weighted by molar-refractivity contribution is 5.75. The van der Waals surface area contributed by atoms with Crippen molar-refractivity contribution in [2.75, 3.05) is 0 Å². The summed E-state index contributed by atoms with van der Waals surface area (Å²) in [5.41, 5.74) is 10.6. The molecule has 3 N–H and O–H groups in total. The first-order chi connectivity index (χ1) is 18.3. The third kappa shape index (κ3) is 5.14. The highest BCUT2D eigenvalue weighted by atomic mass is 16.3. The predicted molar refractivity (Wildman–Crippen MR) is 155 cm³/mol. The molecule has 0 aliphatic heterocycles. The smallest absolute Gasteiger partial charge is 0.123 e. The first-order valence-corrected chi connectivity index (χ1v) is 12.9. The summed E-state index contributed by atoms with van der Waals surface area (Å²) in [7, 11) is 0. The fourth-order valence-electron chi connectivity index (χ4n) is 5.28. The summed E-state index contributed by atoms with van der Waals surface area (Å²) < 4.78 is 0. The van der Waals surface area contributed by atoms with Crippen molar-refractivity contribution in [2.24, 2.45) is 0 Å². The Bertz CT molecular complexity index is 1510. The maximum absolute atomic E-state index is 11.5. The minimum atomic E-state index is 0.239. The summed E-state index contributed by atoms with van der Waals surface area (Å²) in [5.74, 6) is 0.760. The van der Waals surface area contributed by atoms with E-state index >= 15 is 0 Å². The van der Waals surface area contributed by atoms with Crippen LogP contribution in [0.5, 0.6) is 17.2 Å². The maximum Gasteiger partial charge on any atom is 0.123 e. The van der Waals surface area contributed by atoms with Crippen molar-refractivity contribution in [3.63, 3.8) is 0 Å². The van der Waals surface area contributed by atoms with E-state index in [0.29, 0.717) is 12.8 Å². The van der Waals surface area contributed by atoms with Gasteiger partial charge in [0, 0.05) is 24.0 Å². The second-order valence-electron chi connectivity index (χ2n) is 10.1. The third-order valence-electron chi connectivity index (χ3n) is 7.08. The average Bonchev–Trinajstić information content (AvgIpc) is 2.88. The second-order valence-corrected chi connectivity index (χ2v) is 10.1. The van der Waals surface area contributed by atoms with Gasteiger partial charge >= 0.3 is 0 Å². The van der Waals surface area contributed by atoms with E-state index in [0.717, 1.165) is 61.2 Å².